The van der Waals surface area contributed by atoms with Gasteiger partial charge in [-0.15, -0.1) is 0 Å². The summed E-state index contributed by atoms with van der Waals surface area (Å²) in [6.45, 7) is -0.0448. The first kappa shape index (κ1) is 13.4. The van der Waals surface area contributed by atoms with Crippen LogP contribution in [0, 0.1) is 0 Å². The van der Waals surface area contributed by atoms with Crippen LogP contribution in [0.1, 0.15) is 5.56 Å². The molecule has 0 spiro atoms. The fourth-order valence-corrected chi connectivity index (χ4v) is 2.61. The van der Waals surface area contributed by atoms with Crippen molar-refractivity contribution in [1.29, 1.82) is 0 Å². The van der Waals surface area contributed by atoms with Crippen molar-refractivity contribution in [2.24, 2.45) is 0 Å². The molecule has 1 aliphatic heterocycles. The zero-order valence-corrected chi connectivity index (χ0v) is 10.4. The molecular formula is C11H14O6S. The van der Waals surface area contributed by atoms with Gasteiger partial charge < -0.3 is 9.84 Å². The van der Waals surface area contributed by atoms with Crippen LogP contribution in [0.5, 0.6) is 0 Å². The smallest absolute Gasteiger partial charge is 0.394 e. The van der Waals surface area contributed by atoms with E-state index in [0.29, 0.717) is 6.61 Å². The maximum absolute atomic E-state index is 11.0. The second-order valence-electron chi connectivity index (χ2n) is 3.86. The quantitative estimate of drug-likeness (QED) is 0.827. The third-order valence-electron chi connectivity index (χ3n) is 2.47. The van der Waals surface area contributed by atoms with Crippen molar-refractivity contribution in [2.75, 3.05) is 13.2 Å². The van der Waals surface area contributed by atoms with Crippen molar-refractivity contribution in [1.82, 2.24) is 0 Å². The van der Waals surface area contributed by atoms with E-state index in [1.54, 1.807) is 0 Å². The zero-order chi connectivity index (χ0) is 13.0. The van der Waals surface area contributed by atoms with Crippen LogP contribution in [-0.2, 0) is 30.1 Å². The molecule has 1 N–H and O–H groups in total. The molecule has 0 bridgehead atoms. The number of aliphatic hydroxyl groups excluding tert-OH is 1. The van der Waals surface area contributed by atoms with Gasteiger partial charge >= 0.3 is 10.4 Å². The summed E-state index contributed by atoms with van der Waals surface area (Å²) in [5.41, 5.74) is 0.972. The number of ether oxygens (including phenoxy) is 1. The molecular weight excluding hydrogens is 260 g/mol. The maximum Gasteiger partial charge on any atom is 0.400 e. The van der Waals surface area contributed by atoms with Gasteiger partial charge in [0.05, 0.1) is 19.8 Å². The second-order valence-corrected chi connectivity index (χ2v) is 5.06. The van der Waals surface area contributed by atoms with Gasteiger partial charge in [-0.1, -0.05) is 30.3 Å². The molecule has 0 amide bonds. The number of rotatable bonds is 5. The SMILES string of the molecule is O=S1(=O)O[C@H](CO)[C@@H](COCc2ccccc2)O1. The van der Waals surface area contributed by atoms with Gasteiger partial charge in [-0.05, 0) is 5.56 Å². The summed E-state index contributed by atoms with van der Waals surface area (Å²) in [7, 11) is -3.99. The predicted molar refractivity (Wildman–Crippen MR) is 61.8 cm³/mol. The molecule has 100 valence electrons. The van der Waals surface area contributed by atoms with E-state index in [-0.39, 0.29) is 6.61 Å². The Labute approximate surface area is 105 Å². The Morgan fingerprint density at radius 1 is 1.17 bits per heavy atom. The van der Waals surface area contributed by atoms with E-state index < -0.39 is 29.2 Å². The average molecular weight is 274 g/mol. The van der Waals surface area contributed by atoms with Gasteiger partial charge in [0.1, 0.15) is 12.2 Å². The third kappa shape index (κ3) is 3.50. The van der Waals surface area contributed by atoms with Gasteiger partial charge in [0.2, 0.25) is 0 Å². The summed E-state index contributed by atoms with van der Waals surface area (Å²) in [5.74, 6) is 0. The van der Waals surface area contributed by atoms with E-state index in [4.69, 9.17) is 9.84 Å². The highest BCUT2D eigenvalue weighted by Crippen LogP contribution is 2.20. The molecule has 0 unspecified atom stereocenters. The normalized spacial score (nSPS) is 26.3. The molecule has 6 nitrogen and oxygen atoms in total. The number of benzene rings is 1. The summed E-state index contributed by atoms with van der Waals surface area (Å²) < 4.78 is 36.6. The van der Waals surface area contributed by atoms with E-state index in [0.717, 1.165) is 5.56 Å². The molecule has 1 fully saturated rings. The molecule has 1 heterocycles. The van der Waals surface area contributed by atoms with Gasteiger partial charge in [-0.3, -0.25) is 0 Å². The third-order valence-corrected chi connectivity index (χ3v) is 3.44. The summed E-state index contributed by atoms with van der Waals surface area (Å²) in [4.78, 5) is 0. The summed E-state index contributed by atoms with van der Waals surface area (Å²) in [6.07, 6.45) is -1.70. The standard InChI is InChI=1S/C11H14O6S/c12-6-10-11(17-18(13,14)16-10)8-15-7-9-4-2-1-3-5-9/h1-5,10-12H,6-8H2/t10-,11-/m1/s1. The lowest BCUT2D eigenvalue weighted by molar-refractivity contribution is 0.0105. The molecule has 1 saturated heterocycles. The molecule has 0 aromatic heterocycles. The van der Waals surface area contributed by atoms with Gasteiger partial charge in [-0.2, -0.15) is 8.42 Å². The first-order valence-corrected chi connectivity index (χ1v) is 6.78. The highest BCUT2D eigenvalue weighted by molar-refractivity contribution is 7.82. The summed E-state index contributed by atoms with van der Waals surface area (Å²) >= 11 is 0. The minimum absolute atomic E-state index is 0.0410. The predicted octanol–water partition coefficient (Wildman–Crippen LogP) is 0.224. The Kier molecular flexibility index (Phi) is 4.31. The average Bonchev–Trinajstić information content (AvgIpc) is 2.65. The maximum atomic E-state index is 11.0. The molecule has 1 aromatic rings. The first-order chi connectivity index (χ1) is 8.61. The van der Waals surface area contributed by atoms with E-state index in [1.807, 2.05) is 30.3 Å². The molecule has 2 atom stereocenters. The van der Waals surface area contributed by atoms with Crippen molar-refractivity contribution >= 4 is 10.4 Å². The van der Waals surface area contributed by atoms with Crippen molar-refractivity contribution in [3.63, 3.8) is 0 Å². The highest BCUT2D eigenvalue weighted by Gasteiger charge is 2.39. The molecule has 2 rings (SSSR count). The van der Waals surface area contributed by atoms with Gasteiger partial charge in [-0.25, -0.2) is 8.37 Å². The molecule has 0 saturated carbocycles. The van der Waals surface area contributed by atoms with Crippen LogP contribution in [-0.4, -0.2) is 38.9 Å². The zero-order valence-electron chi connectivity index (χ0n) is 9.56. The Morgan fingerprint density at radius 3 is 2.50 bits per heavy atom. The van der Waals surface area contributed by atoms with Gasteiger partial charge in [0, 0.05) is 0 Å². The molecule has 1 aliphatic rings. The first-order valence-electron chi connectivity index (χ1n) is 5.45. The van der Waals surface area contributed by atoms with Crippen LogP contribution in [0.3, 0.4) is 0 Å². The minimum atomic E-state index is -3.99. The van der Waals surface area contributed by atoms with Crippen LogP contribution in [0.4, 0.5) is 0 Å². The lowest BCUT2D eigenvalue weighted by Gasteiger charge is -2.12. The van der Waals surface area contributed by atoms with E-state index >= 15 is 0 Å². The van der Waals surface area contributed by atoms with Crippen molar-refractivity contribution in [2.45, 2.75) is 18.8 Å². The topological polar surface area (TPSA) is 82.1 Å². The van der Waals surface area contributed by atoms with Gasteiger partial charge in [0.15, 0.2) is 0 Å². The van der Waals surface area contributed by atoms with E-state index in [9.17, 15) is 8.42 Å². The Hall–Kier alpha value is -0.990. The highest BCUT2D eigenvalue weighted by atomic mass is 32.3. The Bertz CT molecular complexity index is 472. The fraction of sp³-hybridized carbons (Fsp3) is 0.455. The van der Waals surface area contributed by atoms with Crippen LogP contribution in [0.15, 0.2) is 30.3 Å². The Morgan fingerprint density at radius 2 is 1.83 bits per heavy atom. The summed E-state index contributed by atoms with van der Waals surface area (Å²) in [6, 6.07) is 9.45. The van der Waals surface area contributed by atoms with Crippen LogP contribution >= 0.6 is 0 Å². The van der Waals surface area contributed by atoms with E-state index in [1.165, 1.54) is 0 Å². The fourth-order valence-electron chi connectivity index (χ4n) is 1.60. The lowest BCUT2D eigenvalue weighted by atomic mass is 10.2. The van der Waals surface area contributed by atoms with Crippen LogP contribution < -0.4 is 0 Å². The monoisotopic (exact) mass is 274 g/mol. The Balaban J connectivity index is 1.83. The van der Waals surface area contributed by atoms with Crippen LogP contribution in [0.2, 0.25) is 0 Å². The van der Waals surface area contributed by atoms with Crippen molar-refractivity contribution in [3.8, 4) is 0 Å². The number of aliphatic hydroxyl groups is 1. The number of hydrogen-bond acceptors (Lipinski definition) is 6. The van der Waals surface area contributed by atoms with Crippen LogP contribution in [0.25, 0.3) is 0 Å². The lowest BCUT2D eigenvalue weighted by Crippen LogP contribution is -2.30. The second kappa shape index (κ2) is 5.77. The molecule has 0 aliphatic carbocycles. The van der Waals surface area contributed by atoms with Gasteiger partial charge in [0.25, 0.3) is 0 Å². The van der Waals surface area contributed by atoms with E-state index in [2.05, 4.69) is 8.37 Å². The van der Waals surface area contributed by atoms with Crippen molar-refractivity contribution in [3.05, 3.63) is 35.9 Å². The van der Waals surface area contributed by atoms with Crippen molar-refractivity contribution < 1.29 is 26.6 Å². The molecule has 7 heteroatoms. The molecule has 0 radical (unpaired) electrons. The molecule has 18 heavy (non-hydrogen) atoms. The number of hydrogen-bond donors (Lipinski definition) is 1. The largest absolute Gasteiger partial charge is 0.400 e. The minimum Gasteiger partial charge on any atom is -0.394 e. The molecule has 1 aromatic carbocycles. The summed E-state index contributed by atoms with van der Waals surface area (Å²) in [5, 5.41) is 8.96.